The normalized spacial score (nSPS) is 11.6. The van der Waals surface area contributed by atoms with Gasteiger partial charge in [0.05, 0.1) is 17.8 Å². The van der Waals surface area contributed by atoms with Crippen molar-refractivity contribution in [3.8, 4) is 6.07 Å². The third kappa shape index (κ3) is 6.35. The third-order valence-corrected chi connectivity index (χ3v) is 5.03. The zero-order valence-corrected chi connectivity index (χ0v) is 17.0. The summed E-state index contributed by atoms with van der Waals surface area (Å²) in [5.41, 5.74) is 8.82. The first-order valence-electron chi connectivity index (χ1n) is 9.38. The maximum Gasteiger partial charge on any atom is 0.230 e. The van der Waals surface area contributed by atoms with E-state index in [4.69, 9.17) is 11.0 Å². The summed E-state index contributed by atoms with van der Waals surface area (Å²) in [4.78, 5) is 20.2. The summed E-state index contributed by atoms with van der Waals surface area (Å²) in [5, 5.41) is 27.3. The Kier molecular flexibility index (Phi) is 7.45. The van der Waals surface area contributed by atoms with Crippen LogP contribution in [0.25, 0.3) is 0 Å². The van der Waals surface area contributed by atoms with Crippen LogP contribution >= 0.6 is 11.3 Å². The lowest BCUT2D eigenvalue weighted by molar-refractivity contribution is -0.115. The summed E-state index contributed by atoms with van der Waals surface area (Å²) in [6, 6.07) is 14.6. The molecule has 8 nitrogen and oxygen atoms in total. The summed E-state index contributed by atoms with van der Waals surface area (Å²) < 4.78 is 0. The molecule has 1 amide bonds. The van der Waals surface area contributed by atoms with E-state index in [2.05, 4.69) is 20.6 Å². The zero-order valence-electron chi connectivity index (χ0n) is 16.2. The van der Waals surface area contributed by atoms with Crippen LogP contribution in [0, 0.1) is 11.3 Å². The number of nitrogens with two attached hydrogens (primary N) is 1. The number of carbonyl (C=O) groups excluding carboxylic acids is 1. The lowest BCUT2D eigenvalue weighted by Crippen LogP contribution is -2.24. The van der Waals surface area contributed by atoms with Crippen molar-refractivity contribution in [3.05, 3.63) is 70.5 Å². The van der Waals surface area contributed by atoms with Crippen LogP contribution in [0.1, 0.15) is 28.7 Å². The highest BCUT2D eigenvalue weighted by Crippen LogP contribution is 2.14. The van der Waals surface area contributed by atoms with Crippen LogP contribution in [0.15, 0.2) is 47.8 Å². The lowest BCUT2D eigenvalue weighted by atomic mass is 10.1. The molecule has 0 aliphatic rings. The average Bonchev–Trinajstić information content (AvgIpc) is 3.16. The number of nitrogen functional groups attached to an aromatic ring is 1. The highest BCUT2D eigenvalue weighted by atomic mass is 32.1. The van der Waals surface area contributed by atoms with Gasteiger partial charge in [0.1, 0.15) is 17.9 Å². The molecule has 0 aliphatic heterocycles. The second-order valence-corrected chi connectivity index (χ2v) is 7.52. The van der Waals surface area contributed by atoms with Crippen LogP contribution in [0.3, 0.4) is 0 Å². The molecule has 0 radical (unpaired) electrons. The Hall–Kier alpha value is -3.32. The van der Waals surface area contributed by atoms with Crippen LogP contribution in [0.5, 0.6) is 0 Å². The SMILES string of the molecule is N#Cc1cccc([C@H](O)CNCCc2ccc(NC(=O)Cc3csc(N)n3)cc2)n1. The molecule has 1 atom stereocenters. The Morgan fingerprint density at radius 2 is 2.03 bits per heavy atom. The molecule has 1 aromatic carbocycles. The van der Waals surface area contributed by atoms with Crippen LogP contribution in [-0.4, -0.2) is 34.1 Å². The molecule has 30 heavy (non-hydrogen) atoms. The molecule has 0 saturated heterocycles. The molecule has 3 aromatic rings. The first-order chi connectivity index (χ1) is 14.5. The Bertz CT molecular complexity index is 1030. The first-order valence-corrected chi connectivity index (χ1v) is 10.3. The Morgan fingerprint density at radius 1 is 1.23 bits per heavy atom. The molecule has 2 heterocycles. The number of nitrogens with one attached hydrogen (secondary N) is 2. The van der Waals surface area contributed by atoms with Crippen molar-refractivity contribution >= 4 is 28.1 Å². The van der Waals surface area contributed by atoms with E-state index in [0.717, 1.165) is 17.7 Å². The number of hydrogen-bond acceptors (Lipinski definition) is 8. The molecule has 0 aliphatic carbocycles. The molecule has 3 rings (SSSR count). The van der Waals surface area contributed by atoms with E-state index in [1.54, 1.807) is 23.6 Å². The van der Waals surface area contributed by atoms with Gasteiger partial charge in [-0.3, -0.25) is 4.79 Å². The van der Waals surface area contributed by atoms with E-state index < -0.39 is 6.10 Å². The van der Waals surface area contributed by atoms with Gasteiger partial charge < -0.3 is 21.5 Å². The quantitative estimate of drug-likeness (QED) is 0.387. The van der Waals surface area contributed by atoms with Gasteiger partial charge in [-0.1, -0.05) is 18.2 Å². The monoisotopic (exact) mass is 422 g/mol. The average molecular weight is 423 g/mol. The van der Waals surface area contributed by atoms with Gasteiger partial charge in [0.2, 0.25) is 5.91 Å². The van der Waals surface area contributed by atoms with Crippen molar-refractivity contribution in [1.29, 1.82) is 5.26 Å². The summed E-state index contributed by atoms with van der Waals surface area (Å²) in [7, 11) is 0. The number of aliphatic hydroxyl groups is 1. The highest BCUT2D eigenvalue weighted by Gasteiger charge is 2.10. The molecule has 0 fully saturated rings. The van der Waals surface area contributed by atoms with Gasteiger partial charge in [0, 0.05) is 17.6 Å². The van der Waals surface area contributed by atoms with E-state index in [1.165, 1.54) is 11.3 Å². The second kappa shape index (κ2) is 10.5. The molecule has 0 saturated carbocycles. The number of carbonyl (C=O) groups is 1. The van der Waals surface area contributed by atoms with Crippen molar-refractivity contribution in [2.45, 2.75) is 18.9 Å². The molecule has 0 spiro atoms. The minimum Gasteiger partial charge on any atom is -0.385 e. The number of nitriles is 1. The van der Waals surface area contributed by atoms with E-state index in [0.29, 0.717) is 29.6 Å². The fourth-order valence-electron chi connectivity index (χ4n) is 2.80. The zero-order chi connectivity index (χ0) is 21.3. The van der Waals surface area contributed by atoms with Gasteiger partial charge in [-0.2, -0.15) is 5.26 Å². The maximum atomic E-state index is 12.1. The van der Waals surface area contributed by atoms with Crippen LogP contribution < -0.4 is 16.4 Å². The Balaban J connectivity index is 1.40. The summed E-state index contributed by atoms with van der Waals surface area (Å²) in [5.74, 6) is -0.141. The number of aliphatic hydroxyl groups excluding tert-OH is 1. The summed E-state index contributed by atoms with van der Waals surface area (Å²) in [6.45, 7) is 1.02. The smallest absolute Gasteiger partial charge is 0.230 e. The van der Waals surface area contributed by atoms with Crippen molar-refractivity contribution in [2.75, 3.05) is 24.1 Å². The van der Waals surface area contributed by atoms with Crippen molar-refractivity contribution in [2.24, 2.45) is 0 Å². The number of anilines is 2. The van der Waals surface area contributed by atoms with Gasteiger partial charge in [-0.15, -0.1) is 11.3 Å². The maximum absolute atomic E-state index is 12.1. The third-order valence-electron chi connectivity index (χ3n) is 4.30. The molecular weight excluding hydrogens is 400 g/mol. The molecule has 154 valence electrons. The summed E-state index contributed by atoms with van der Waals surface area (Å²) in [6.07, 6.45) is 0.183. The van der Waals surface area contributed by atoms with Gasteiger partial charge in [-0.05, 0) is 42.8 Å². The second-order valence-electron chi connectivity index (χ2n) is 6.63. The van der Waals surface area contributed by atoms with Crippen molar-refractivity contribution in [1.82, 2.24) is 15.3 Å². The van der Waals surface area contributed by atoms with Gasteiger partial charge >= 0.3 is 0 Å². The number of pyridine rings is 1. The molecule has 5 N–H and O–H groups in total. The number of amides is 1. The van der Waals surface area contributed by atoms with Crippen LogP contribution in [-0.2, 0) is 17.6 Å². The largest absolute Gasteiger partial charge is 0.385 e. The van der Waals surface area contributed by atoms with Gasteiger partial charge in [0.15, 0.2) is 5.13 Å². The van der Waals surface area contributed by atoms with Gasteiger partial charge in [0.25, 0.3) is 0 Å². The number of thiazole rings is 1. The van der Waals surface area contributed by atoms with Crippen LogP contribution in [0.2, 0.25) is 0 Å². The number of nitrogens with zero attached hydrogens (tertiary/aromatic N) is 3. The molecule has 0 bridgehead atoms. The highest BCUT2D eigenvalue weighted by molar-refractivity contribution is 7.13. The summed E-state index contributed by atoms with van der Waals surface area (Å²) >= 11 is 1.31. The number of benzene rings is 1. The fourth-order valence-corrected chi connectivity index (χ4v) is 3.37. The molecule has 0 unspecified atom stereocenters. The van der Waals surface area contributed by atoms with E-state index >= 15 is 0 Å². The molecule has 2 aromatic heterocycles. The van der Waals surface area contributed by atoms with Crippen molar-refractivity contribution < 1.29 is 9.90 Å². The number of rotatable bonds is 9. The lowest BCUT2D eigenvalue weighted by Gasteiger charge is -2.12. The number of aromatic nitrogens is 2. The molecule has 9 heteroatoms. The molecular formula is C21H22N6O2S. The van der Waals surface area contributed by atoms with E-state index in [-0.39, 0.29) is 18.0 Å². The predicted octanol–water partition coefficient (Wildman–Crippen LogP) is 2.04. The Labute approximate surface area is 178 Å². The number of hydrogen-bond donors (Lipinski definition) is 4. The van der Waals surface area contributed by atoms with Gasteiger partial charge in [-0.25, -0.2) is 9.97 Å². The fraction of sp³-hybridized carbons (Fsp3) is 0.238. The Morgan fingerprint density at radius 3 is 2.73 bits per heavy atom. The minimum absolute atomic E-state index is 0.141. The van der Waals surface area contributed by atoms with E-state index in [9.17, 15) is 9.90 Å². The van der Waals surface area contributed by atoms with Crippen molar-refractivity contribution in [3.63, 3.8) is 0 Å². The standard InChI is InChI=1S/C21H22N6O2S/c22-11-16-2-1-3-18(25-16)19(28)12-24-9-8-14-4-6-15(7-5-14)26-20(29)10-17-13-30-21(23)27-17/h1-7,13,19,24,28H,8-10,12H2,(H2,23,27)(H,26,29)/t19-/m1/s1. The topological polar surface area (TPSA) is 137 Å². The predicted molar refractivity (Wildman–Crippen MR) is 116 cm³/mol. The van der Waals surface area contributed by atoms with Crippen LogP contribution in [0.4, 0.5) is 10.8 Å². The minimum atomic E-state index is -0.774. The van der Waals surface area contributed by atoms with E-state index in [1.807, 2.05) is 30.3 Å². The first kappa shape index (κ1) is 21.4.